The lowest BCUT2D eigenvalue weighted by molar-refractivity contribution is 0.369. The summed E-state index contributed by atoms with van der Waals surface area (Å²) in [5.41, 5.74) is 2.50. The zero-order valence-electron chi connectivity index (χ0n) is 8.50. The Morgan fingerprint density at radius 1 is 1.31 bits per heavy atom. The maximum atomic E-state index is 5.22. The van der Waals surface area contributed by atoms with Crippen molar-refractivity contribution in [2.24, 2.45) is 0 Å². The summed E-state index contributed by atoms with van der Waals surface area (Å²) in [6, 6.07) is 8.46. The molecule has 0 fully saturated rings. The van der Waals surface area contributed by atoms with Gasteiger partial charge < -0.3 is 4.74 Å². The molecule has 0 saturated heterocycles. The topological polar surface area (TPSA) is 9.23 Å². The van der Waals surface area contributed by atoms with E-state index in [-0.39, 0.29) is 0 Å². The fourth-order valence-corrected chi connectivity index (χ4v) is 1.31. The number of aryl methyl sites for hydroxylation is 1. The normalized spacial score (nSPS) is 11.5. The van der Waals surface area contributed by atoms with E-state index in [2.05, 4.69) is 31.2 Å². The van der Waals surface area contributed by atoms with Gasteiger partial charge in [-0.1, -0.05) is 31.2 Å². The van der Waals surface area contributed by atoms with E-state index in [4.69, 9.17) is 4.74 Å². The monoisotopic (exact) mass is 176 g/mol. The Morgan fingerprint density at radius 3 is 2.31 bits per heavy atom. The number of rotatable bonds is 3. The zero-order valence-corrected chi connectivity index (χ0v) is 8.50. The van der Waals surface area contributed by atoms with Gasteiger partial charge in [-0.25, -0.2) is 0 Å². The molecule has 0 spiro atoms. The van der Waals surface area contributed by atoms with E-state index in [9.17, 15) is 0 Å². The quantitative estimate of drug-likeness (QED) is 0.642. The fourth-order valence-electron chi connectivity index (χ4n) is 1.31. The van der Waals surface area contributed by atoms with Gasteiger partial charge in [0.1, 0.15) is 5.76 Å². The summed E-state index contributed by atoms with van der Waals surface area (Å²) in [6.45, 7) is 4.13. The van der Waals surface area contributed by atoms with E-state index < -0.39 is 0 Å². The largest absolute Gasteiger partial charge is 0.496 e. The van der Waals surface area contributed by atoms with Crippen molar-refractivity contribution in [3.63, 3.8) is 0 Å². The van der Waals surface area contributed by atoms with Crippen molar-refractivity contribution >= 4 is 5.76 Å². The van der Waals surface area contributed by atoms with Gasteiger partial charge in [0.15, 0.2) is 0 Å². The Labute approximate surface area is 80.0 Å². The first-order chi connectivity index (χ1) is 6.31. The molecule has 0 heterocycles. The van der Waals surface area contributed by atoms with Crippen LogP contribution in [0.4, 0.5) is 0 Å². The van der Waals surface area contributed by atoms with E-state index in [1.807, 2.05) is 13.0 Å². The molecular weight excluding hydrogens is 160 g/mol. The second kappa shape index (κ2) is 4.70. The number of hydrogen-bond donors (Lipinski definition) is 0. The summed E-state index contributed by atoms with van der Waals surface area (Å²) in [4.78, 5) is 0. The van der Waals surface area contributed by atoms with Gasteiger partial charge in [0.25, 0.3) is 0 Å². The number of methoxy groups -OCH3 is 1. The lowest BCUT2D eigenvalue weighted by atomic mass is 10.1. The summed E-state index contributed by atoms with van der Waals surface area (Å²) in [5.74, 6) is 0.933. The van der Waals surface area contributed by atoms with Gasteiger partial charge in [0.05, 0.1) is 7.11 Å². The molecular formula is C12H16O. The average molecular weight is 176 g/mol. The molecule has 0 atom stereocenters. The van der Waals surface area contributed by atoms with Crippen molar-refractivity contribution in [3.8, 4) is 0 Å². The Kier molecular flexibility index (Phi) is 3.56. The van der Waals surface area contributed by atoms with E-state index in [1.165, 1.54) is 5.56 Å². The lowest BCUT2D eigenvalue weighted by Gasteiger charge is -2.05. The van der Waals surface area contributed by atoms with Crippen LogP contribution in [0.15, 0.2) is 30.3 Å². The summed E-state index contributed by atoms with van der Waals surface area (Å²) in [6.07, 6.45) is 3.05. The van der Waals surface area contributed by atoms with Crippen LogP contribution in [-0.4, -0.2) is 7.11 Å². The van der Waals surface area contributed by atoms with Gasteiger partial charge in [0, 0.05) is 5.56 Å². The van der Waals surface area contributed by atoms with Crippen LogP contribution in [0, 0.1) is 0 Å². The molecule has 0 amide bonds. The highest BCUT2D eigenvalue weighted by Gasteiger charge is 1.98. The van der Waals surface area contributed by atoms with E-state index in [0.29, 0.717) is 0 Å². The maximum absolute atomic E-state index is 5.22. The van der Waals surface area contributed by atoms with Crippen molar-refractivity contribution < 1.29 is 4.74 Å². The van der Waals surface area contributed by atoms with E-state index in [1.54, 1.807) is 7.11 Å². The summed E-state index contributed by atoms with van der Waals surface area (Å²) in [7, 11) is 1.70. The summed E-state index contributed by atoms with van der Waals surface area (Å²) >= 11 is 0. The van der Waals surface area contributed by atoms with Crippen LogP contribution in [0.5, 0.6) is 0 Å². The molecule has 0 saturated carbocycles. The Hall–Kier alpha value is -1.24. The molecule has 13 heavy (non-hydrogen) atoms. The van der Waals surface area contributed by atoms with Crippen molar-refractivity contribution in [2.75, 3.05) is 7.11 Å². The minimum Gasteiger partial charge on any atom is -0.496 e. The van der Waals surface area contributed by atoms with Gasteiger partial charge in [-0.15, -0.1) is 0 Å². The van der Waals surface area contributed by atoms with Gasteiger partial charge in [-0.3, -0.25) is 0 Å². The van der Waals surface area contributed by atoms with Crippen LogP contribution in [0.3, 0.4) is 0 Å². The molecule has 0 N–H and O–H groups in total. The SMILES string of the molecule is CC=C(OC)c1ccc(CC)cc1. The Morgan fingerprint density at radius 2 is 1.92 bits per heavy atom. The molecule has 70 valence electrons. The standard InChI is InChI=1S/C12H16O/c1-4-10-6-8-11(9-7-10)12(5-2)13-3/h5-9H,4H2,1-3H3. The van der Waals surface area contributed by atoms with Crippen LogP contribution in [-0.2, 0) is 11.2 Å². The molecule has 1 rings (SSSR count). The highest BCUT2D eigenvalue weighted by Crippen LogP contribution is 2.15. The average Bonchev–Trinajstić information content (AvgIpc) is 2.21. The molecule has 0 aliphatic heterocycles. The van der Waals surface area contributed by atoms with Crippen LogP contribution in [0.1, 0.15) is 25.0 Å². The first-order valence-corrected chi connectivity index (χ1v) is 4.61. The number of ether oxygens (including phenoxy) is 1. The summed E-state index contributed by atoms with van der Waals surface area (Å²) in [5, 5.41) is 0. The van der Waals surface area contributed by atoms with Crippen molar-refractivity contribution in [1.29, 1.82) is 0 Å². The highest BCUT2D eigenvalue weighted by molar-refractivity contribution is 5.59. The molecule has 0 aliphatic rings. The van der Waals surface area contributed by atoms with Crippen LogP contribution < -0.4 is 0 Å². The van der Waals surface area contributed by atoms with E-state index >= 15 is 0 Å². The first kappa shape index (κ1) is 9.85. The smallest absolute Gasteiger partial charge is 0.121 e. The third-order valence-corrected chi connectivity index (χ3v) is 2.13. The van der Waals surface area contributed by atoms with E-state index in [0.717, 1.165) is 17.7 Å². The number of hydrogen-bond acceptors (Lipinski definition) is 1. The van der Waals surface area contributed by atoms with Gasteiger partial charge in [-0.2, -0.15) is 0 Å². The van der Waals surface area contributed by atoms with Crippen LogP contribution in [0.2, 0.25) is 0 Å². The van der Waals surface area contributed by atoms with Gasteiger partial charge in [0.2, 0.25) is 0 Å². The third kappa shape index (κ3) is 2.35. The zero-order chi connectivity index (χ0) is 9.68. The predicted octanol–water partition coefficient (Wildman–Crippen LogP) is 3.26. The van der Waals surface area contributed by atoms with Crippen LogP contribution in [0.25, 0.3) is 5.76 Å². The molecule has 0 unspecified atom stereocenters. The molecule has 0 bridgehead atoms. The van der Waals surface area contributed by atoms with Gasteiger partial charge >= 0.3 is 0 Å². The lowest BCUT2D eigenvalue weighted by Crippen LogP contribution is -1.87. The summed E-state index contributed by atoms with van der Waals surface area (Å²) < 4.78 is 5.22. The Bertz CT molecular complexity index is 282. The molecule has 1 heteroatoms. The number of allylic oxidation sites excluding steroid dienone is 1. The van der Waals surface area contributed by atoms with Crippen molar-refractivity contribution in [3.05, 3.63) is 41.5 Å². The molecule has 0 radical (unpaired) electrons. The minimum absolute atomic E-state index is 0.933. The number of benzene rings is 1. The van der Waals surface area contributed by atoms with Crippen molar-refractivity contribution in [2.45, 2.75) is 20.3 Å². The molecule has 1 aromatic rings. The second-order valence-electron chi connectivity index (χ2n) is 2.91. The maximum Gasteiger partial charge on any atom is 0.121 e. The Balaban J connectivity index is 2.91. The third-order valence-electron chi connectivity index (χ3n) is 2.13. The molecule has 1 aromatic carbocycles. The van der Waals surface area contributed by atoms with Gasteiger partial charge in [-0.05, 0) is 25.0 Å². The molecule has 1 nitrogen and oxygen atoms in total. The second-order valence-corrected chi connectivity index (χ2v) is 2.91. The highest BCUT2D eigenvalue weighted by atomic mass is 16.5. The van der Waals surface area contributed by atoms with Crippen molar-refractivity contribution in [1.82, 2.24) is 0 Å². The fraction of sp³-hybridized carbons (Fsp3) is 0.333. The molecule has 0 aliphatic carbocycles. The predicted molar refractivity (Wildman–Crippen MR) is 56.5 cm³/mol. The first-order valence-electron chi connectivity index (χ1n) is 4.61. The molecule has 0 aromatic heterocycles. The van der Waals surface area contributed by atoms with Crippen LogP contribution >= 0.6 is 0 Å². The minimum atomic E-state index is 0.933.